The van der Waals surface area contributed by atoms with Gasteiger partial charge in [-0.05, 0) is 0 Å². The zero-order valence-corrected chi connectivity index (χ0v) is 5.60. The van der Waals surface area contributed by atoms with Crippen molar-refractivity contribution < 1.29 is 4.57 Å². The molecule has 0 N–H and O–H groups in total. The molecule has 0 bridgehead atoms. The predicted octanol–water partition coefficient (Wildman–Crippen LogP) is -0.0273. The summed E-state index contributed by atoms with van der Waals surface area (Å²) >= 11 is 0. The molecule has 0 aliphatic rings. The molecule has 1 aromatic rings. The third kappa shape index (κ3) is 1.48. The number of nitrogens with zero attached hydrogens (tertiary/aromatic N) is 4. The van der Waals surface area contributed by atoms with E-state index in [1.54, 1.807) is 24.3 Å². The predicted molar refractivity (Wildman–Crippen MR) is 38.1 cm³/mol. The Morgan fingerprint density at radius 1 is 1.45 bits per heavy atom. The maximum atomic E-state index is 8.43. The van der Waals surface area contributed by atoms with Crippen molar-refractivity contribution in [3.63, 3.8) is 0 Å². The number of allylic oxidation sites excluding steroid dienone is 1. The molecular weight excluding hydrogens is 140 g/mol. The Bertz CT molecular complexity index is 329. The highest BCUT2D eigenvalue weighted by atomic mass is 15.0. The summed E-state index contributed by atoms with van der Waals surface area (Å²) in [6.45, 7) is 0. The Balaban J connectivity index is 3.15. The normalized spacial score (nSPS) is 7.91. The van der Waals surface area contributed by atoms with Crippen LogP contribution in [0.3, 0.4) is 0 Å². The number of hydrogen-bond acceptors (Lipinski definition) is 2. The summed E-state index contributed by atoms with van der Waals surface area (Å²) < 4.78 is 1.41. The average molecular weight is 144 g/mol. The fourth-order valence-corrected chi connectivity index (χ4v) is 0.610. The summed E-state index contributed by atoms with van der Waals surface area (Å²) in [4.78, 5) is 3.74. The Morgan fingerprint density at radius 3 is 2.55 bits per heavy atom. The maximum Gasteiger partial charge on any atom is 0.309 e. The molecule has 4 heteroatoms. The summed E-state index contributed by atoms with van der Waals surface area (Å²) in [6.07, 6.45) is 6.10. The molecule has 0 fully saturated rings. The highest BCUT2D eigenvalue weighted by Gasteiger charge is 2.02. The van der Waals surface area contributed by atoms with Crippen LogP contribution in [-0.4, -0.2) is 10.9 Å². The van der Waals surface area contributed by atoms with E-state index in [1.807, 2.05) is 0 Å². The summed E-state index contributed by atoms with van der Waals surface area (Å²) in [5.41, 5.74) is 0.0346. The lowest BCUT2D eigenvalue weighted by atomic mass is 10.5. The first-order valence-electron chi connectivity index (χ1n) is 2.87. The first kappa shape index (κ1) is 7.13. The Labute approximate surface area is 63.6 Å². The van der Waals surface area contributed by atoms with E-state index >= 15 is 0 Å². The van der Waals surface area contributed by atoms with E-state index in [0.717, 1.165) is 0 Å². The second kappa shape index (κ2) is 3.25. The molecule has 4 nitrogen and oxygen atoms in total. The van der Waals surface area contributed by atoms with Gasteiger partial charge in [-0.2, -0.15) is 11.1 Å². The molecule has 0 saturated heterocycles. The van der Waals surface area contributed by atoms with Crippen molar-refractivity contribution in [1.82, 2.24) is 4.98 Å². The summed E-state index contributed by atoms with van der Waals surface area (Å²) in [5.74, 6) is 1.76. The Morgan fingerprint density at radius 2 is 2.09 bits per heavy atom. The van der Waals surface area contributed by atoms with Crippen LogP contribution < -0.4 is 4.57 Å². The third-order valence-electron chi connectivity index (χ3n) is 1.10. The highest BCUT2D eigenvalue weighted by Crippen LogP contribution is 1.81. The number of nitriles is 1. The van der Waals surface area contributed by atoms with Crippen molar-refractivity contribution in [2.24, 2.45) is 0 Å². The highest BCUT2D eigenvalue weighted by molar-refractivity contribution is 5.84. The van der Waals surface area contributed by atoms with Gasteiger partial charge >= 0.3 is 5.70 Å². The van der Waals surface area contributed by atoms with Gasteiger partial charge in [-0.3, -0.25) is 4.98 Å². The minimum Gasteiger partial charge on any atom is -0.757 e. The van der Waals surface area contributed by atoms with Gasteiger partial charge in [-0.1, -0.05) is 0 Å². The maximum absolute atomic E-state index is 8.43. The zero-order valence-electron chi connectivity index (χ0n) is 5.60. The van der Waals surface area contributed by atoms with E-state index in [-0.39, 0.29) is 5.70 Å². The smallest absolute Gasteiger partial charge is 0.309 e. The molecule has 0 unspecified atom stereocenters. The molecular formula is C7H4N4. The topological polar surface area (TPSA) is 62.9 Å². The van der Waals surface area contributed by atoms with E-state index in [9.17, 15) is 0 Å². The lowest BCUT2D eigenvalue weighted by Crippen LogP contribution is -2.30. The van der Waals surface area contributed by atoms with Gasteiger partial charge in [0.1, 0.15) is 0 Å². The molecule has 0 radical (unpaired) electrons. The Hall–Kier alpha value is -1.98. The second-order valence-corrected chi connectivity index (χ2v) is 1.72. The summed E-state index contributed by atoms with van der Waals surface area (Å²) in [5, 5.41) is 16.9. The van der Waals surface area contributed by atoms with E-state index in [4.69, 9.17) is 10.7 Å². The molecule has 0 aliphatic carbocycles. The van der Waals surface area contributed by atoms with E-state index < -0.39 is 0 Å². The second-order valence-electron chi connectivity index (χ2n) is 1.72. The fourth-order valence-electron chi connectivity index (χ4n) is 0.610. The fraction of sp³-hybridized carbons (Fsp3) is 0. The van der Waals surface area contributed by atoms with Crippen LogP contribution in [0.25, 0.3) is 11.1 Å². The van der Waals surface area contributed by atoms with Gasteiger partial charge in [0.15, 0.2) is 18.5 Å². The van der Waals surface area contributed by atoms with E-state index in [2.05, 4.69) is 4.98 Å². The molecule has 0 amide bonds. The number of rotatable bonds is 1. The first-order valence-corrected chi connectivity index (χ1v) is 2.87. The van der Waals surface area contributed by atoms with Gasteiger partial charge in [0.2, 0.25) is 0 Å². The van der Waals surface area contributed by atoms with Crippen molar-refractivity contribution in [2.75, 3.05) is 0 Å². The quantitative estimate of drug-likeness (QED) is 0.315. The van der Waals surface area contributed by atoms with Crippen molar-refractivity contribution in [3.8, 4) is 6.07 Å². The van der Waals surface area contributed by atoms with Crippen LogP contribution in [0, 0.1) is 11.3 Å². The van der Waals surface area contributed by atoms with Crippen LogP contribution in [0.1, 0.15) is 0 Å². The standard InChI is InChI=1S/C7H4N4/c8-5-7(6-9)11-3-1-10-2-4-11/h1-4H. The van der Waals surface area contributed by atoms with Crippen LogP contribution in [-0.2, 0) is 0 Å². The summed E-state index contributed by atoms with van der Waals surface area (Å²) in [7, 11) is 0. The SMILES string of the molecule is N#CC(=C=[N-])[n+]1ccncc1. The summed E-state index contributed by atoms with van der Waals surface area (Å²) in [6, 6.07) is 1.76. The van der Waals surface area contributed by atoms with Gasteiger partial charge in [0.25, 0.3) is 0 Å². The van der Waals surface area contributed by atoms with E-state index in [0.29, 0.717) is 0 Å². The van der Waals surface area contributed by atoms with Crippen LogP contribution in [0.15, 0.2) is 24.8 Å². The molecule has 11 heavy (non-hydrogen) atoms. The Kier molecular flexibility index (Phi) is 2.11. The van der Waals surface area contributed by atoms with Gasteiger partial charge in [-0.15, -0.1) is 4.57 Å². The van der Waals surface area contributed by atoms with Crippen LogP contribution in [0.4, 0.5) is 0 Å². The van der Waals surface area contributed by atoms with Crippen LogP contribution in [0.5, 0.6) is 0 Å². The molecule has 0 aromatic carbocycles. The lowest BCUT2D eigenvalue weighted by Gasteiger charge is -1.87. The van der Waals surface area contributed by atoms with Gasteiger partial charge in [0, 0.05) is 0 Å². The minimum absolute atomic E-state index is 0.0346. The van der Waals surface area contributed by atoms with Crippen LogP contribution in [0.2, 0.25) is 0 Å². The van der Waals surface area contributed by atoms with Crippen molar-refractivity contribution in [3.05, 3.63) is 30.2 Å². The molecule has 0 saturated carbocycles. The zero-order chi connectivity index (χ0) is 8.10. The van der Waals surface area contributed by atoms with E-state index in [1.165, 1.54) is 17.0 Å². The number of aromatic nitrogens is 2. The molecule has 52 valence electrons. The van der Waals surface area contributed by atoms with Crippen molar-refractivity contribution in [1.29, 1.82) is 5.26 Å². The molecule has 0 atom stereocenters. The number of hydrogen-bond donors (Lipinski definition) is 0. The molecule has 1 rings (SSSR count). The molecule has 0 spiro atoms. The third-order valence-corrected chi connectivity index (χ3v) is 1.10. The molecule has 0 aliphatic heterocycles. The minimum atomic E-state index is 0.0346. The monoisotopic (exact) mass is 144 g/mol. The van der Waals surface area contributed by atoms with Gasteiger partial charge in [-0.25, -0.2) is 0 Å². The average Bonchev–Trinajstić information content (AvgIpc) is 2.09. The van der Waals surface area contributed by atoms with Gasteiger partial charge < -0.3 is 5.41 Å². The molecule has 1 aromatic heterocycles. The molecule has 1 heterocycles. The first-order chi connectivity index (χ1) is 5.38. The van der Waals surface area contributed by atoms with Crippen molar-refractivity contribution >= 4 is 11.6 Å². The van der Waals surface area contributed by atoms with Gasteiger partial charge in [0.05, 0.1) is 12.4 Å². The lowest BCUT2D eigenvalue weighted by molar-refractivity contribution is -0.576. The largest absolute Gasteiger partial charge is 0.757 e. The van der Waals surface area contributed by atoms with Crippen LogP contribution >= 0.6 is 0 Å². The van der Waals surface area contributed by atoms with Crippen molar-refractivity contribution in [2.45, 2.75) is 0 Å².